The van der Waals surface area contributed by atoms with Crippen molar-refractivity contribution < 1.29 is 4.79 Å². The number of Topliss-reactive ketones (excluding diaryl/α,β-unsaturated/α-hetero) is 1. The Hall–Kier alpha value is -1.89. The molecule has 1 heteroatoms. The van der Waals surface area contributed by atoms with Gasteiger partial charge in [-0.25, -0.2) is 0 Å². The molecular weight excluding hydrogens is 220 g/mol. The Kier molecular flexibility index (Phi) is 2.75. The minimum Gasteiger partial charge on any atom is -0.295 e. The minimum atomic E-state index is 0.136. The van der Waals surface area contributed by atoms with Crippen LogP contribution in [0.4, 0.5) is 0 Å². The predicted molar refractivity (Wildman–Crippen MR) is 73.0 cm³/mol. The molecule has 2 aromatic carbocycles. The van der Waals surface area contributed by atoms with E-state index in [2.05, 4.69) is 42.5 Å². The van der Waals surface area contributed by atoms with E-state index < -0.39 is 0 Å². The van der Waals surface area contributed by atoms with Gasteiger partial charge in [-0.05, 0) is 36.3 Å². The fraction of sp³-hybridized carbons (Fsp3) is 0.235. The first-order valence-electron chi connectivity index (χ1n) is 6.41. The molecule has 1 aliphatic carbocycles. The quantitative estimate of drug-likeness (QED) is 0.731. The van der Waals surface area contributed by atoms with Crippen molar-refractivity contribution in [1.29, 1.82) is 0 Å². The fourth-order valence-electron chi connectivity index (χ4n) is 2.60. The van der Waals surface area contributed by atoms with Gasteiger partial charge in [0.05, 0.1) is 0 Å². The van der Waals surface area contributed by atoms with Crippen LogP contribution < -0.4 is 0 Å². The second-order valence-corrected chi connectivity index (χ2v) is 5.04. The lowest BCUT2D eigenvalue weighted by atomic mass is 10.0. The molecule has 0 N–H and O–H groups in total. The summed E-state index contributed by atoms with van der Waals surface area (Å²) in [5.41, 5.74) is 3.59. The third kappa shape index (κ3) is 2.08. The molecule has 0 aliphatic heterocycles. The van der Waals surface area contributed by atoms with E-state index in [1.807, 2.05) is 12.1 Å². The molecular formula is C17H16O. The molecule has 0 saturated heterocycles. The molecule has 1 saturated carbocycles. The molecule has 2 unspecified atom stereocenters. The van der Waals surface area contributed by atoms with Crippen LogP contribution in [0, 0.1) is 0 Å². The van der Waals surface area contributed by atoms with Crippen LogP contribution in [0.25, 0.3) is 0 Å². The SMILES string of the molecule is CC(=O)c1ccc(C2CC2c2ccccc2)cc1. The van der Waals surface area contributed by atoms with Crippen LogP contribution in [0.15, 0.2) is 54.6 Å². The second kappa shape index (κ2) is 4.41. The Labute approximate surface area is 107 Å². The maximum atomic E-state index is 11.2. The lowest BCUT2D eigenvalue weighted by molar-refractivity contribution is 0.101. The zero-order chi connectivity index (χ0) is 12.5. The van der Waals surface area contributed by atoms with Crippen molar-refractivity contribution in [2.75, 3.05) is 0 Å². The zero-order valence-electron chi connectivity index (χ0n) is 10.5. The molecule has 0 heterocycles. The third-order valence-corrected chi connectivity index (χ3v) is 3.76. The highest BCUT2D eigenvalue weighted by atomic mass is 16.1. The number of carbonyl (C=O) groups is 1. The normalized spacial score (nSPS) is 21.6. The molecule has 0 spiro atoms. The first-order valence-corrected chi connectivity index (χ1v) is 6.41. The lowest BCUT2D eigenvalue weighted by Crippen LogP contribution is -1.92. The maximum absolute atomic E-state index is 11.2. The minimum absolute atomic E-state index is 0.136. The summed E-state index contributed by atoms with van der Waals surface area (Å²) >= 11 is 0. The molecule has 0 aromatic heterocycles. The van der Waals surface area contributed by atoms with Crippen LogP contribution in [-0.4, -0.2) is 5.78 Å². The smallest absolute Gasteiger partial charge is 0.159 e. The van der Waals surface area contributed by atoms with Gasteiger partial charge in [-0.2, -0.15) is 0 Å². The Bertz CT molecular complexity index is 554. The Morgan fingerprint density at radius 2 is 1.44 bits per heavy atom. The van der Waals surface area contributed by atoms with Gasteiger partial charge in [0.25, 0.3) is 0 Å². The Morgan fingerprint density at radius 1 is 0.889 bits per heavy atom. The Morgan fingerprint density at radius 3 is 2.00 bits per heavy atom. The van der Waals surface area contributed by atoms with Crippen LogP contribution in [0.2, 0.25) is 0 Å². The van der Waals surface area contributed by atoms with Crippen LogP contribution in [0.1, 0.15) is 46.7 Å². The summed E-state index contributed by atoms with van der Waals surface area (Å²) in [5, 5.41) is 0. The average Bonchev–Trinajstić information content (AvgIpc) is 3.20. The average molecular weight is 236 g/mol. The van der Waals surface area contributed by atoms with Crippen molar-refractivity contribution in [3.63, 3.8) is 0 Å². The van der Waals surface area contributed by atoms with Crippen LogP contribution in [-0.2, 0) is 0 Å². The third-order valence-electron chi connectivity index (χ3n) is 3.76. The second-order valence-electron chi connectivity index (χ2n) is 5.04. The van der Waals surface area contributed by atoms with E-state index in [0.717, 1.165) is 5.56 Å². The van der Waals surface area contributed by atoms with E-state index in [1.54, 1.807) is 6.92 Å². The molecule has 0 radical (unpaired) electrons. The summed E-state index contributed by atoms with van der Waals surface area (Å²) in [4.78, 5) is 11.2. The molecule has 2 aromatic rings. The van der Waals surface area contributed by atoms with Gasteiger partial charge in [-0.3, -0.25) is 4.79 Å². The van der Waals surface area contributed by atoms with E-state index >= 15 is 0 Å². The number of benzene rings is 2. The molecule has 1 aliphatic rings. The molecule has 3 rings (SSSR count). The molecule has 2 atom stereocenters. The Balaban J connectivity index is 1.77. The van der Waals surface area contributed by atoms with Crippen molar-refractivity contribution in [2.24, 2.45) is 0 Å². The van der Waals surface area contributed by atoms with Gasteiger partial charge < -0.3 is 0 Å². The van der Waals surface area contributed by atoms with Gasteiger partial charge in [0.15, 0.2) is 5.78 Å². The highest BCUT2D eigenvalue weighted by molar-refractivity contribution is 5.94. The highest BCUT2D eigenvalue weighted by Crippen LogP contribution is 2.54. The molecule has 18 heavy (non-hydrogen) atoms. The number of hydrogen-bond donors (Lipinski definition) is 0. The zero-order valence-corrected chi connectivity index (χ0v) is 10.5. The van der Waals surface area contributed by atoms with Crippen molar-refractivity contribution >= 4 is 5.78 Å². The molecule has 0 amide bonds. The largest absolute Gasteiger partial charge is 0.295 e. The predicted octanol–water partition coefficient (Wildman–Crippen LogP) is 4.16. The summed E-state index contributed by atoms with van der Waals surface area (Å²) in [6, 6.07) is 18.8. The molecule has 90 valence electrons. The summed E-state index contributed by atoms with van der Waals surface area (Å²) in [6.45, 7) is 1.61. The van der Waals surface area contributed by atoms with Crippen LogP contribution >= 0.6 is 0 Å². The number of ketones is 1. The summed E-state index contributed by atoms with van der Waals surface area (Å²) < 4.78 is 0. The van der Waals surface area contributed by atoms with Gasteiger partial charge in [0.2, 0.25) is 0 Å². The van der Waals surface area contributed by atoms with E-state index in [4.69, 9.17) is 0 Å². The summed E-state index contributed by atoms with van der Waals surface area (Å²) in [5.74, 6) is 1.43. The molecule has 0 bridgehead atoms. The lowest BCUT2D eigenvalue weighted by Gasteiger charge is -2.02. The highest BCUT2D eigenvalue weighted by Gasteiger charge is 2.39. The van der Waals surface area contributed by atoms with Crippen LogP contribution in [0.3, 0.4) is 0 Å². The number of hydrogen-bond acceptors (Lipinski definition) is 1. The van der Waals surface area contributed by atoms with E-state index in [0.29, 0.717) is 11.8 Å². The summed E-state index contributed by atoms with van der Waals surface area (Å²) in [6.07, 6.45) is 1.23. The van der Waals surface area contributed by atoms with Crippen molar-refractivity contribution in [3.05, 3.63) is 71.3 Å². The first-order chi connectivity index (χ1) is 8.75. The van der Waals surface area contributed by atoms with Crippen molar-refractivity contribution in [3.8, 4) is 0 Å². The number of carbonyl (C=O) groups excluding carboxylic acids is 1. The standard InChI is InChI=1S/C17H16O/c1-12(18)13-7-9-15(10-8-13)17-11-16(17)14-5-3-2-4-6-14/h2-10,16-17H,11H2,1H3. The van der Waals surface area contributed by atoms with Crippen LogP contribution in [0.5, 0.6) is 0 Å². The van der Waals surface area contributed by atoms with Gasteiger partial charge in [-0.15, -0.1) is 0 Å². The van der Waals surface area contributed by atoms with Gasteiger partial charge in [0.1, 0.15) is 0 Å². The van der Waals surface area contributed by atoms with Gasteiger partial charge >= 0.3 is 0 Å². The van der Waals surface area contributed by atoms with Crippen molar-refractivity contribution in [1.82, 2.24) is 0 Å². The van der Waals surface area contributed by atoms with E-state index in [9.17, 15) is 4.79 Å². The number of rotatable bonds is 3. The summed E-state index contributed by atoms with van der Waals surface area (Å²) in [7, 11) is 0. The molecule has 1 fully saturated rings. The monoisotopic (exact) mass is 236 g/mol. The van der Waals surface area contributed by atoms with Crippen molar-refractivity contribution in [2.45, 2.75) is 25.2 Å². The van der Waals surface area contributed by atoms with E-state index in [-0.39, 0.29) is 5.78 Å². The van der Waals surface area contributed by atoms with Gasteiger partial charge in [-0.1, -0.05) is 54.6 Å². The fourth-order valence-corrected chi connectivity index (χ4v) is 2.60. The molecule has 1 nitrogen and oxygen atoms in total. The van der Waals surface area contributed by atoms with Gasteiger partial charge in [0, 0.05) is 5.56 Å². The topological polar surface area (TPSA) is 17.1 Å². The maximum Gasteiger partial charge on any atom is 0.159 e. The first kappa shape index (κ1) is 11.2. The van der Waals surface area contributed by atoms with E-state index in [1.165, 1.54) is 17.5 Å².